The normalized spacial score (nSPS) is 14.1. The number of piperazine rings is 1. The van der Waals surface area contributed by atoms with E-state index in [1.165, 1.54) is 23.9 Å². The average molecular weight is 465 g/mol. The molecule has 168 valence electrons. The zero-order chi connectivity index (χ0) is 22.8. The van der Waals surface area contributed by atoms with Crippen LogP contribution in [0.2, 0.25) is 0 Å². The summed E-state index contributed by atoms with van der Waals surface area (Å²) in [4.78, 5) is 30.2. The molecular formula is C22H20N6O4S. The maximum atomic E-state index is 12.7. The largest absolute Gasteiger partial charge is 0.411 e. The van der Waals surface area contributed by atoms with Crippen LogP contribution in [0.4, 0.5) is 11.4 Å². The molecule has 3 heterocycles. The van der Waals surface area contributed by atoms with E-state index in [9.17, 15) is 14.9 Å². The van der Waals surface area contributed by atoms with Gasteiger partial charge in [0.05, 0.1) is 16.2 Å². The van der Waals surface area contributed by atoms with Gasteiger partial charge in [0.15, 0.2) is 0 Å². The summed E-state index contributed by atoms with van der Waals surface area (Å²) in [6, 6.07) is 14.3. The number of H-pyrrole nitrogens is 1. The third-order valence-corrected chi connectivity index (χ3v) is 6.41. The minimum atomic E-state index is -0.412. The lowest BCUT2D eigenvalue weighted by Crippen LogP contribution is -2.49. The lowest BCUT2D eigenvalue weighted by molar-refractivity contribution is -0.384. The number of anilines is 1. The molecular weight excluding hydrogens is 444 g/mol. The maximum Gasteiger partial charge on any atom is 0.277 e. The van der Waals surface area contributed by atoms with Gasteiger partial charge in [-0.25, -0.2) is 0 Å². The van der Waals surface area contributed by atoms with Crippen molar-refractivity contribution >= 4 is 39.9 Å². The zero-order valence-corrected chi connectivity index (χ0v) is 18.3. The zero-order valence-electron chi connectivity index (χ0n) is 17.5. The van der Waals surface area contributed by atoms with Crippen molar-refractivity contribution in [1.82, 2.24) is 20.1 Å². The molecule has 0 saturated carbocycles. The van der Waals surface area contributed by atoms with Gasteiger partial charge >= 0.3 is 0 Å². The second-order valence-electron chi connectivity index (χ2n) is 7.55. The van der Waals surface area contributed by atoms with Crippen LogP contribution in [0, 0.1) is 10.1 Å². The van der Waals surface area contributed by atoms with E-state index in [0.29, 0.717) is 37.3 Å². The minimum Gasteiger partial charge on any atom is -0.411 e. The Bertz CT molecular complexity index is 1290. The second-order valence-corrected chi connectivity index (χ2v) is 8.48. The molecule has 1 fully saturated rings. The number of nitrogens with one attached hydrogen (secondary N) is 1. The highest BCUT2D eigenvalue weighted by atomic mass is 32.2. The number of nitro benzene ring substituents is 1. The van der Waals surface area contributed by atoms with Crippen LogP contribution in [0.1, 0.15) is 0 Å². The first-order chi connectivity index (χ1) is 16.1. The summed E-state index contributed by atoms with van der Waals surface area (Å²) in [5.74, 6) is 0.641. The molecule has 0 unspecified atom stereocenters. The van der Waals surface area contributed by atoms with Crippen molar-refractivity contribution in [1.29, 1.82) is 0 Å². The number of para-hydroxylation sites is 1. The standard InChI is InChI=1S/C22H20N6O4S/c29-20(27-11-9-26(10-12-27)15-5-7-16(8-6-15)28(30)31)14-33-22-25-24-21(32-22)18-13-23-19-4-2-1-3-17(18)19/h1-8,13,23H,9-12,14H2. The van der Waals surface area contributed by atoms with Crippen LogP contribution >= 0.6 is 11.8 Å². The highest BCUT2D eigenvalue weighted by Gasteiger charge is 2.23. The topological polar surface area (TPSA) is 121 Å². The number of rotatable bonds is 6. The molecule has 1 amide bonds. The lowest BCUT2D eigenvalue weighted by atomic mass is 10.2. The average Bonchev–Trinajstić information content (AvgIpc) is 3.49. The number of fused-ring (bicyclic) bond motifs is 1. The maximum absolute atomic E-state index is 12.7. The van der Waals surface area contributed by atoms with Crippen molar-refractivity contribution in [3.05, 3.63) is 64.8 Å². The molecule has 0 bridgehead atoms. The van der Waals surface area contributed by atoms with Gasteiger partial charge in [-0.3, -0.25) is 14.9 Å². The Morgan fingerprint density at radius 3 is 2.61 bits per heavy atom. The number of hydrogen-bond donors (Lipinski definition) is 1. The Labute approximate surface area is 192 Å². The third kappa shape index (κ3) is 4.40. The van der Waals surface area contributed by atoms with E-state index < -0.39 is 4.92 Å². The van der Waals surface area contributed by atoms with Gasteiger partial charge in [-0.2, -0.15) is 0 Å². The number of carbonyl (C=O) groups is 1. The Morgan fingerprint density at radius 1 is 1.09 bits per heavy atom. The van der Waals surface area contributed by atoms with Gasteiger partial charge in [0.1, 0.15) is 0 Å². The monoisotopic (exact) mass is 464 g/mol. The molecule has 10 nitrogen and oxygen atoms in total. The highest BCUT2D eigenvalue weighted by Crippen LogP contribution is 2.29. The van der Waals surface area contributed by atoms with Crippen molar-refractivity contribution in [3.8, 4) is 11.5 Å². The van der Waals surface area contributed by atoms with Crippen molar-refractivity contribution in [2.24, 2.45) is 0 Å². The third-order valence-electron chi connectivity index (χ3n) is 5.60. The van der Waals surface area contributed by atoms with Gasteiger partial charge in [-0.05, 0) is 18.2 Å². The first-order valence-electron chi connectivity index (χ1n) is 10.4. The number of benzene rings is 2. The summed E-state index contributed by atoms with van der Waals surface area (Å²) in [7, 11) is 0. The summed E-state index contributed by atoms with van der Waals surface area (Å²) in [6.45, 7) is 2.50. The SMILES string of the molecule is O=C(CSc1nnc(-c2c[nH]c3ccccc23)o1)N1CCN(c2ccc([N+](=O)[O-])cc2)CC1. The Morgan fingerprint density at radius 2 is 1.85 bits per heavy atom. The number of hydrogen-bond acceptors (Lipinski definition) is 8. The minimum absolute atomic E-state index is 0.00944. The van der Waals surface area contributed by atoms with E-state index in [1.54, 1.807) is 12.1 Å². The highest BCUT2D eigenvalue weighted by molar-refractivity contribution is 7.99. The molecule has 5 rings (SSSR count). The van der Waals surface area contributed by atoms with E-state index in [4.69, 9.17) is 4.42 Å². The van der Waals surface area contributed by atoms with Crippen LogP contribution < -0.4 is 4.90 Å². The summed E-state index contributed by atoms with van der Waals surface area (Å²) in [5.41, 5.74) is 2.80. The quantitative estimate of drug-likeness (QED) is 0.261. The molecule has 2 aromatic heterocycles. The number of amides is 1. The van der Waals surface area contributed by atoms with Gasteiger partial charge in [0.2, 0.25) is 5.91 Å². The fourth-order valence-electron chi connectivity index (χ4n) is 3.84. The number of thioether (sulfide) groups is 1. The number of carbonyl (C=O) groups excluding carboxylic acids is 1. The molecule has 1 aliphatic rings. The molecule has 33 heavy (non-hydrogen) atoms. The number of aromatic nitrogens is 3. The van der Waals surface area contributed by atoms with E-state index in [0.717, 1.165) is 22.2 Å². The summed E-state index contributed by atoms with van der Waals surface area (Å²) >= 11 is 1.23. The molecule has 0 aliphatic carbocycles. The summed E-state index contributed by atoms with van der Waals surface area (Å²) in [5, 5.41) is 20.4. The van der Waals surface area contributed by atoms with E-state index in [1.807, 2.05) is 35.4 Å². The number of aromatic amines is 1. The van der Waals surface area contributed by atoms with Gasteiger partial charge in [-0.1, -0.05) is 30.0 Å². The molecule has 0 spiro atoms. The predicted octanol–water partition coefficient (Wildman–Crippen LogP) is 3.57. The van der Waals surface area contributed by atoms with Crippen molar-refractivity contribution in [2.45, 2.75) is 5.22 Å². The first kappa shape index (κ1) is 21.0. The molecule has 1 saturated heterocycles. The smallest absolute Gasteiger partial charge is 0.277 e. The van der Waals surface area contributed by atoms with Crippen LogP contribution in [0.5, 0.6) is 0 Å². The molecule has 1 aliphatic heterocycles. The van der Waals surface area contributed by atoms with Gasteiger partial charge < -0.3 is 19.2 Å². The predicted molar refractivity (Wildman–Crippen MR) is 124 cm³/mol. The number of nitro groups is 1. The molecule has 4 aromatic rings. The van der Waals surface area contributed by atoms with Crippen LogP contribution in [0.15, 0.2) is 64.4 Å². The van der Waals surface area contributed by atoms with Crippen LogP contribution in [-0.2, 0) is 4.79 Å². The van der Waals surface area contributed by atoms with Crippen LogP contribution in [0.25, 0.3) is 22.4 Å². The molecule has 1 N–H and O–H groups in total. The van der Waals surface area contributed by atoms with E-state index in [-0.39, 0.29) is 17.3 Å². The van der Waals surface area contributed by atoms with Crippen molar-refractivity contribution < 1.29 is 14.1 Å². The van der Waals surface area contributed by atoms with Gasteiger partial charge in [0.25, 0.3) is 16.8 Å². The molecule has 11 heteroatoms. The van der Waals surface area contributed by atoms with Crippen LogP contribution in [0.3, 0.4) is 0 Å². The molecule has 0 radical (unpaired) electrons. The van der Waals surface area contributed by atoms with Gasteiger partial charge in [-0.15, -0.1) is 10.2 Å². The lowest BCUT2D eigenvalue weighted by Gasteiger charge is -2.36. The Balaban J connectivity index is 1.14. The Hall–Kier alpha value is -3.86. The number of nitrogens with zero attached hydrogens (tertiary/aromatic N) is 5. The fourth-order valence-corrected chi connectivity index (χ4v) is 4.51. The Kier molecular flexibility index (Phi) is 5.69. The van der Waals surface area contributed by atoms with Crippen LogP contribution in [-0.4, -0.2) is 62.8 Å². The van der Waals surface area contributed by atoms with Crippen molar-refractivity contribution in [3.63, 3.8) is 0 Å². The molecule has 2 aromatic carbocycles. The van der Waals surface area contributed by atoms with Gasteiger partial charge in [0, 0.05) is 61.1 Å². The van der Waals surface area contributed by atoms with Crippen molar-refractivity contribution in [2.75, 3.05) is 36.8 Å². The van der Waals surface area contributed by atoms with E-state index >= 15 is 0 Å². The molecule has 0 atom stereocenters. The summed E-state index contributed by atoms with van der Waals surface area (Å²) < 4.78 is 5.77. The summed E-state index contributed by atoms with van der Waals surface area (Å²) in [6.07, 6.45) is 1.84. The fraction of sp³-hybridized carbons (Fsp3) is 0.227. The second kappa shape index (κ2) is 8.94. The van der Waals surface area contributed by atoms with E-state index in [2.05, 4.69) is 20.1 Å². The first-order valence-corrected chi connectivity index (χ1v) is 11.4. The number of non-ortho nitro benzene ring substituents is 1.